The van der Waals surface area contributed by atoms with E-state index >= 15 is 0 Å². The molecule has 5 heteroatoms. The molecule has 1 rings (SSSR count). The number of halogens is 1. The Morgan fingerprint density at radius 2 is 2.16 bits per heavy atom. The maximum Gasteiger partial charge on any atom is 0.328 e. The highest BCUT2D eigenvalue weighted by molar-refractivity contribution is 6.30. The highest BCUT2D eigenvalue weighted by Gasteiger charge is 2.16. The normalized spacial score (nSPS) is 13.8. The van der Waals surface area contributed by atoms with E-state index in [1.54, 1.807) is 19.1 Å². The topological polar surface area (TPSA) is 62.5 Å². The zero-order valence-electron chi connectivity index (χ0n) is 10.8. The molecule has 0 amide bonds. The lowest BCUT2D eigenvalue weighted by atomic mass is 10.1. The van der Waals surface area contributed by atoms with Crippen LogP contribution in [0, 0.1) is 17.2 Å². The van der Waals surface area contributed by atoms with Gasteiger partial charge in [0.05, 0.1) is 18.7 Å². The molecule has 0 spiro atoms. The Morgan fingerprint density at radius 3 is 2.68 bits per heavy atom. The first-order chi connectivity index (χ1) is 9.08. The standard InChI is InChI=1S/C14H15ClN2O2/c1-3-19-14(18)12(8-16)9-17-10(2)11-4-6-13(15)7-5-11/h4-7,9-10,12H,3H2,1-2H3/t10-,12+/m0/s1. The predicted octanol–water partition coefficient (Wildman–Crippen LogP) is 3.17. The average molecular weight is 279 g/mol. The third kappa shape index (κ3) is 4.72. The van der Waals surface area contributed by atoms with Gasteiger partial charge in [-0.05, 0) is 31.5 Å². The van der Waals surface area contributed by atoms with Crippen LogP contribution in [-0.2, 0) is 9.53 Å². The van der Waals surface area contributed by atoms with Crippen LogP contribution in [0.2, 0.25) is 5.02 Å². The van der Waals surface area contributed by atoms with Gasteiger partial charge in [-0.15, -0.1) is 0 Å². The van der Waals surface area contributed by atoms with E-state index in [9.17, 15) is 4.79 Å². The van der Waals surface area contributed by atoms with Gasteiger partial charge in [0.2, 0.25) is 0 Å². The van der Waals surface area contributed by atoms with E-state index in [1.165, 1.54) is 6.21 Å². The molecular weight excluding hydrogens is 264 g/mol. The molecule has 0 heterocycles. The molecule has 0 unspecified atom stereocenters. The van der Waals surface area contributed by atoms with E-state index in [-0.39, 0.29) is 12.6 Å². The second kappa shape index (κ2) is 7.55. The van der Waals surface area contributed by atoms with Crippen LogP contribution in [0.3, 0.4) is 0 Å². The lowest BCUT2D eigenvalue weighted by molar-refractivity contribution is -0.143. The summed E-state index contributed by atoms with van der Waals surface area (Å²) in [6.45, 7) is 3.82. The maximum absolute atomic E-state index is 11.4. The number of carbonyl (C=O) groups excluding carboxylic acids is 1. The van der Waals surface area contributed by atoms with Crippen LogP contribution >= 0.6 is 11.6 Å². The average Bonchev–Trinajstić information content (AvgIpc) is 2.40. The summed E-state index contributed by atoms with van der Waals surface area (Å²) in [6.07, 6.45) is 1.33. The molecule has 0 aliphatic heterocycles. The quantitative estimate of drug-likeness (QED) is 0.614. The van der Waals surface area contributed by atoms with Crippen molar-refractivity contribution in [2.24, 2.45) is 10.9 Å². The second-order valence-electron chi connectivity index (χ2n) is 3.88. The number of hydrogen-bond acceptors (Lipinski definition) is 4. The molecule has 1 aromatic rings. The SMILES string of the molecule is CCOC(=O)[C@H](C#N)C=N[C@@H](C)c1ccc(Cl)cc1. The summed E-state index contributed by atoms with van der Waals surface area (Å²) in [5, 5.41) is 9.54. The number of benzene rings is 1. The lowest BCUT2D eigenvalue weighted by Gasteiger charge is -2.08. The minimum Gasteiger partial charge on any atom is -0.465 e. The van der Waals surface area contributed by atoms with E-state index < -0.39 is 11.9 Å². The fourth-order valence-corrected chi connectivity index (χ4v) is 1.55. The van der Waals surface area contributed by atoms with E-state index in [2.05, 4.69) is 4.99 Å². The molecule has 100 valence electrons. The Labute approximate surface area is 117 Å². The van der Waals surface area contributed by atoms with Crippen molar-refractivity contribution in [3.05, 3.63) is 34.9 Å². The molecule has 0 N–H and O–H groups in total. The van der Waals surface area contributed by atoms with Gasteiger partial charge in [0.25, 0.3) is 0 Å². The molecule has 0 aromatic heterocycles. The number of carbonyl (C=O) groups is 1. The Hall–Kier alpha value is -1.86. The molecule has 0 bridgehead atoms. The van der Waals surface area contributed by atoms with Crippen molar-refractivity contribution in [3.8, 4) is 6.07 Å². The number of aliphatic imine (C=N–C) groups is 1. The second-order valence-corrected chi connectivity index (χ2v) is 4.32. The number of esters is 1. The molecule has 0 aliphatic rings. The first-order valence-corrected chi connectivity index (χ1v) is 6.31. The molecule has 0 fully saturated rings. The van der Waals surface area contributed by atoms with Crippen molar-refractivity contribution in [2.75, 3.05) is 6.61 Å². The van der Waals surface area contributed by atoms with Gasteiger partial charge in [0, 0.05) is 11.2 Å². The Morgan fingerprint density at radius 1 is 1.53 bits per heavy atom. The highest BCUT2D eigenvalue weighted by atomic mass is 35.5. The monoisotopic (exact) mass is 278 g/mol. The number of nitrogens with zero attached hydrogens (tertiary/aromatic N) is 2. The minimum atomic E-state index is -0.963. The molecule has 0 saturated carbocycles. The molecule has 19 heavy (non-hydrogen) atoms. The Kier molecular flexibility index (Phi) is 6.04. The Balaban J connectivity index is 2.71. The fraction of sp³-hybridized carbons (Fsp3) is 0.357. The molecule has 0 saturated heterocycles. The van der Waals surface area contributed by atoms with Crippen molar-refractivity contribution < 1.29 is 9.53 Å². The fourth-order valence-electron chi connectivity index (χ4n) is 1.42. The highest BCUT2D eigenvalue weighted by Crippen LogP contribution is 2.19. The molecule has 4 nitrogen and oxygen atoms in total. The van der Waals surface area contributed by atoms with Gasteiger partial charge in [-0.3, -0.25) is 9.79 Å². The largest absolute Gasteiger partial charge is 0.465 e. The number of ether oxygens (including phenoxy) is 1. The third-order valence-corrected chi connectivity index (χ3v) is 2.74. The van der Waals surface area contributed by atoms with Crippen LogP contribution in [0.4, 0.5) is 0 Å². The first-order valence-electron chi connectivity index (χ1n) is 5.93. The Bertz CT molecular complexity index is 491. The summed E-state index contributed by atoms with van der Waals surface area (Å²) in [5.41, 5.74) is 0.959. The summed E-state index contributed by atoms with van der Waals surface area (Å²) in [7, 11) is 0. The summed E-state index contributed by atoms with van der Waals surface area (Å²) in [4.78, 5) is 15.6. The van der Waals surface area contributed by atoms with E-state index in [0.717, 1.165) is 5.56 Å². The summed E-state index contributed by atoms with van der Waals surface area (Å²) >= 11 is 5.80. The first kappa shape index (κ1) is 15.2. The van der Waals surface area contributed by atoms with Crippen molar-refractivity contribution in [3.63, 3.8) is 0 Å². The van der Waals surface area contributed by atoms with Crippen LogP contribution < -0.4 is 0 Å². The van der Waals surface area contributed by atoms with Gasteiger partial charge >= 0.3 is 5.97 Å². The molecular formula is C14H15ClN2O2. The third-order valence-electron chi connectivity index (χ3n) is 2.49. The minimum absolute atomic E-state index is 0.150. The van der Waals surface area contributed by atoms with E-state index in [1.807, 2.05) is 25.1 Å². The zero-order chi connectivity index (χ0) is 14.3. The van der Waals surface area contributed by atoms with E-state index in [0.29, 0.717) is 5.02 Å². The van der Waals surface area contributed by atoms with Gasteiger partial charge in [-0.1, -0.05) is 23.7 Å². The maximum atomic E-state index is 11.4. The zero-order valence-corrected chi connectivity index (χ0v) is 11.6. The molecule has 0 radical (unpaired) electrons. The van der Waals surface area contributed by atoms with Gasteiger partial charge in [0.15, 0.2) is 5.92 Å². The van der Waals surface area contributed by atoms with Gasteiger partial charge in [-0.2, -0.15) is 5.26 Å². The smallest absolute Gasteiger partial charge is 0.328 e. The lowest BCUT2D eigenvalue weighted by Crippen LogP contribution is -2.17. The predicted molar refractivity (Wildman–Crippen MR) is 74.1 cm³/mol. The number of nitriles is 1. The van der Waals surface area contributed by atoms with E-state index in [4.69, 9.17) is 21.6 Å². The molecule has 2 atom stereocenters. The molecule has 0 aliphatic carbocycles. The molecule has 1 aromatic carbocycles. The summed E-state index contributed by atoms with van der Waals surface area (Å²) in [5.74, 6) is -1.54. The number of hydrogen-bond donors (Lipinski definition) is 0. The number of rotatable bonds is 5. The van der Waals surface area contributed by atoms with Gasteiger partial charge in [0.1, 0.15) is 0 Å². The van der Waals surface area contributed by atoms with Crippen molar-refractivity contribution in [2.45, 2.75) is 19.9 Å². The van der Waals surface area contributed by atoms with Crippen LogP contribution in [0.5, 0.6) is 0 Å². The summed E-state index contributed by atoms with van der Waals surface area (Å²) in [6, 6.07) is 8.97. The van der Waals surface area contributed by atoms with Crippen molar-refractivity contribution in [1.29, 1.82) is 5.26 Å². The van der Waals surface area contributed by atoms with Gasteiger partial charge < -0.3 is 4.74 Å². The van der Waals surface area contributed by atoms with Crippen LogP contribution in [0.15, 0.2) is 29.3 Å². The van der Waals surface area contributed by atoms with Crippen LogP contribution in [0.1, 0.15) is 25.5 Å². The van der Waals surface area contributed by atoms with Crippen LogP contribution in [-0.4, -0.2) is 18.8 Å². The van der Waals surface area contributed by atoms with Crippen molar-refractivity contribution in [1.82, 2.24) is 0 Å². The van der Waals surface area contributed by atoms with Crippen molar-refractivity contribution >= 4 is 23.8 Å². The van der Waals surface area contributed by atoms with Gasteiger partial charge in [-0.25, -0.2) is 0 Å². The van der Waals surface area contributed by atoms with Crippen LogP contribution in [0.25, 0.3) is 0 Å². The summed E-state index contributed by atoms with van der Waals surface area (Å²) < 4.78 is 4.78.